The Morgan fingerprint density at radius 2 is 1.42 bits per heavy atom. The number of ether oxygens (including phenoxy) is 3. The number of nitrogens with one attached hydrogen (secondary N) is 1. The standard InChI is InChI=1S/C41H44F2N2O8/c1-4-5-6-7-8-23-52-33-20-14-31(15-21-33)40(50)53-34-18-9-28(10-19-34)26-45(27-38(47)48)39(49)30-12-16-32(17-13-30)44-37(46)25-29-11-22-36(51-3)35(24-29)41(2,42)43/h9-22,24H,4-8,23,25-27H2,1-3H3,(H,44,46)(H,47,48). The number of unbranched alkanes of at least 4 members (excludes halogenated alkanes) is 4. The fraction of sp³-hybridized carbons (Fsp3) is 0.317. The molecule has 2 amide bonds. The topological polar surface area (TPSA) is 131 Å². The molecular weight excluding hydrogens is 686 g/mol. The van der Waals surface area contributed by atoms with Gasteiger partial charge in [-0.25, -0.2) is 13.6 Å². The quantitative estimate of drug-likeness (QED) is 0.0560. The summed E-state index contributed by atoms with van der Waals surface area (Å²) in [6.07, 6.45) is 5.50. The van der Waals surface area contributed by atoms with E-state index in [1.807, 2.05) is 0 Å². The van der Waals surface area contributed by atoms with Gasteiger partial charge in [-0.15, -0.1) is 0 Å². The van der Waals surface area contributed by atoms with Crippen LogP contribution in [-0.4, -0.2) is 54.0 Å². The van der Waals surface area contributed by atoms with Gasteiger partial charge in [-0.1, -0.05) is 50.8 Å². The summed E-state index contributed by atoms with van der Waals surface area (Å²) in [7, 11) is 1.29. The van der Waals surface area contributed by atoms with E-state index in [2.05, 4.69) is 12.2 Å². The van der Waals surface area contributed by atoms with E-state index in [1.54, 1.807) is 48.5 Å². The van der Waals surface area contributed by atoms with E-state index in [4.69, 9.17) is 14.2 Å². The number of amides is 2. The molecule has 12 heteroatoms. The monoisotopic (exact) mass is 730 g/mol. The zero-order chi connectivity index (χ0) is 38.4. The molecule has 0 aliphatic heterocycles. The van der Waals surface area contributed by atoms with Crippen molar-refractivity contribution in [2.24, 2.45) is 0 Å². The Morgan fingerprint density at radius 1 is 0.792 bits per heavy atom. The van der Waals surface area contributed by atoms with E-state index < -0.39 is 36.2 Å². The summed E-state index contributed by atoms with van der Waals surface area (Å²) in [5.41, 5.74) is 1.52. The number of aliphatic carboxylic acids is 1. The number of nitrogens with zero attached hydrogens (tertiary/aromatic N) is 1. The van der Waals surface area contributed by atoms with Crippen LogP contribution in [0, 0.1) is 0 Å². The van der Waals surface area contributed by atoms with Gasteiger partial charge < -0.3 is 29.5 Å². The number of benzene rings is 4. The third-order valence-corrected chi connectivity index (χ3v) is 8.24. The van der Waals surface area contributed by atoms with Crippen molar-refractivity contribution in [1.82, 2.24) is 4.90 Å². The molecule has 0 saturated heterocycles. The summed E-state index contributed by atoms with van der Waals surface area (Å²) >= 11 is 0. The van der Waals surface area contributed by atoms with Gasteiger partial charge in [0.05, 0.1) is 31.3 Å². The molecule has 0 radical (unpaired) electrons. The summed E-state index contributed by atoms with van der Waals surface area (Å²) in [6.45, 7) is 2.92. The van der Waals surface area contributed by atoms with E-state index in [-0.39, 0.29) is 35.6 Å². The third kappa shape index (κ3) is 12.4. The Hall–Kier alpha value is -5.78. The molecule has 53 heavy (non-hydrogen) atoms. The van der Waals surface area contributed by atoms with Crippen LogP contribution >= 0.6 is 0 Å². The molecule has 0 atom stereocenters. The van der Waals surface area contributed by atoms with Crippen LogP contribution in [0.25, 0.3) is 0 Å². The second kappa shape index (κ2) is 19.2. The molecule has 0 aromatic heterocycles. The third-order valence-electron chi connectivity index (χ3n) is 8.24. The molecule has 4 rings (SSSR count). The molecule has 0 heterocycles. The van der Waals surface area contributed by atoms with Crippen molar-refractivity contribution in [3.8, 4) is 17.2 Å². The molecule has 4 aromatic rings. The zero-order valence-corrected chi connectivity index (χ0v) is 30.0. The van der Waals surface area contributed by atoms with Gasteiger partial charge in [0.15, 0.2) is 0 Å². The number of rotatable bonds is 19. The van der Waals surface area contributed by atoms with Crippen LogP contribution in [0.3, 0.4) is 0 Å². The van der Waals surface area contributed by atoms with E-state index >= 15 is 0 Å². The van der Waals surface area contributed by atoms with Crippen LogP contribution in [0.15, 0.2) is 91.0 Å². The highest BCUT2D eigenvalue weighted by atomic mass is 19.3. The molecule has 0 bridgehead atoms. The van der Waals surface area contributed by atoms with Crippen molar-refractivity contribution in [3.05, 3.63) is 119 Å². The Bertz CT molecular complexity index is 1840. The van der Waals surface area contributed by atoms with Crippen LogP contribution in [0.5, 0.6) is 17.2 Å². The molecule has 0 fully saturated rings. The van der Waals surface area contributed by atoms with E-state index in [0.29, 0.717) is 34.7 Å². The van der Waals surface area contributed by atoms with Crippen molar-refractivity contribution < 1.29 is 47.3 Å². The number of alkyl halides is 2. The normalized spacial score (nSPS) is 11.0. The summed E-state index contributed by atoms with van der Waals surface area (Å²) in [4.78, 5) is 51.5. The minimum absolute atomic E-state index is 0.0173. The first-order valence-electron chi connectivity index (χ1n) is 17.4. The number of carboxylic acid groups (broad SMARTS) is 1. The number of carboxylic acids is 1. The number of hydrogen-bond donors (Lipinski definition) is 2. The second-order valence-corrected chi connectivity index (χ2v) is 12.6. The van der Waals surface area contributed by atoms with Crippen LogP contribution < -0.4 is 19.5 Å². The Kier molecular flexibility index (Phi) is 14.5. The van der Waals surface area contributed by atoms with Crippen LogP contribution in [-0.2, 0) is 28.5 Å². The number of halogens is 2. The lowest BCUT2D eigenvalue weighted by Crippen LogP contribution is -2.35. The molecular formula is C41H44F2N2O8. The number of carbonyl (C=O) groups excluding carboxylic acids is 3. The number of anilines is 1. The summed E-state index contributed by atoms with van der Waals surface area (Å²) < 4.78 is 44.3. The van der Waals surface area contributed by atoms with Gasteiger partial charge in [0.25, 0.3) is 11.8 Å². The first-order chi connectivity index (χ1) is 25.4. The lowest BCUT2D eigenvalue weighted by molar-refractivity contribution is -0.137. The highest BCUT2D eigenvalue weighted by Gasteiger charge is 2.29. The molecule has 10 nitrogen and oxygen atoms in total. The summed E-state index contributed by atoms with van der Waals surface area (Å²) in [6, 6.07) is 23.1. The van der Waals surface area contributed by atoms with Gasteiger partial charge in [-0.3, -0.25) is 14.4 Å². The van der Waals surface area contributed by atoms with Crippen molar-refractivity contribution in [3.63, 3.8) is 0 Å². The van der Waals surface area contributed by atoms with Gasteiger partial charge in [-0.05, 0) is 90.3 Å². The minimum atomic E-state index is -3.16. The first kappa shape index (κ1) is 40.0. The average Bonchev–Trinajstić information content (AvgIpc) is 3.13. The fourth-order valence-electron chi connectivity index (χ4n) is 5.47. The lowest BCUT2D eigenvalue weighted by atomic mass is 10.0. The largest absolute Gasteiger partial charge is 0.496 e. The molecule has 0 aliphatic rings. The van der Waals surface area contributed by atoms with Gasteiger partial charge >= 0.3 is 11.9 Å². The molecule has 280 valence electrons. The summed E-state index contributed by atoms with van der Waals surface area (Å²) in [5.74, 6) is -4.98. The fourth-order valence-corrected chi connectivity index (χ4v) is 5.47. The SMILES string of the molecule is CCCCCCCOc1ccc(C(=O)Oc2ccc(CN(CC(=O)O)C(=O)c3ccc(NC(=O)Cc4ccc(OC)c(C(C)(F)F)c4)cc3)cc2)cc1. The van der Waals surface area contributed by atoms with Gasteiger partial charge in [0.2, 0.25) is 5.91 Å². The maximum Gasteiger partial charge on any atom is 0.343 e. The van der Waals surface area contributed by atoms with Crippen molar-refractivity contribution in [2.75, 3.05) is 25.6 Å². The highest BCUT2D eigenvalue weighted by molar-refractivity contribution is 5.97. The van der Waals surface area contributed by atoms with Gasteiger partial charge in [-0.2, -0.15) is 0 Å². The van der Waals surface area contributed by atoms with Crippen LogP contribution in [0.2, 0.25) is 0 Å². The molecule has 0 spiro atoms. The van der Waals surface area contributed by atoms with Gasteiger partial charge in [0, 0.05) is 24.7 Å². The molecule has 0 unspecified atom stereocenters. The van der Waals surface area contributed by atoms with E-state index in [1.165, 1.54) is 68.8 Å². The second-order valence-electron chi connectivity index (χ2n) is 12.6. The highest BCUT2D eigenvalue weighted by Crippen LogP contribution is 2.35. The van der Waals surface area contributed by atoms with E-state index in [0.717, 1.165) is 24.7 Å². The number of esters is 1. The predicted molar refractivity (Wildman–Crippen MR) is 196 cm³/mol. The number of carbonyl (C=O) groups is 4. The van der Waals surface area contributed by atoms with Gasteiger partial charge in [0.1, 0.15) is 23.8 Å². The Labute approximate surface area is 307 Å². The number of hydrogen-bond acceptors (Lipinski definition) is 7. The number of methoxy groups -OCH3 is 1. The zero-order valence-electron chi connectivity index (χ0n) is 30.0. The van der Waals surface area contributed by atoms with Crippen LogP contribution in [0.4, 0.5) is 14.5 Å². The first-order valence-corrected chi connectivity index (χ1v) is 17.4. The Morgan fingerprint density at radius 3 is 2.04 bits per heavy atom. The molecule has 0 aliphatic carbocycles. The Balaban J connectivity index is 1.31. The molecule has 4 aromatic carbocycles. The lowest BCUT2D eigenvalue weighted by Gasteiger charge is -2.21. The van der Waals surface area contributed by atoms with Crippen LogP contribution in [0.1, 0.15) is 83.4 Å². The maximum atomic E-state index is 14.0. The minimum Gasteiger partial charge on any atom is -0.496 e. The summed E-state index contributed by atoms with van der Waals surface area (Å²) in [5, 5.41) is 12.2. The maximum absolute atomic E-state index is 14.0. The van der Waals surface area contributed by atoms with Crippen molar-refractivity contribution in [2.45, 2.75) is 64.8 Å². The molecule has 2 N–H and O–H groups in total. The smallest absolute Gasteiger partial charge is 0.343 e. The van der Waals surface area contributed by atoms with E-state index in [9.17, 15) is 33.1 Å². The van der Waals surface area contributed by atoms with Crippen molar-refractivity contribution in [1.29, 1.82) is 0 Å². The predicted octanol–water partition coefficient (Wildman–Crippen LogP) is 8.28. The average molecular weight is 731 g/mol. The van der Waals surface area contributed by atoms with Crippen molar-refractivity contribution >= 4 is 29.4 Å². The molecule has 0 saturated carbocycles.